The van der Waals surface area contributed by atoms with Crippen LogP contribution in [0.1, 0.15) is 36.9 Å². The first-order valence-electron chi connectivity index (χ1n) is 12.2. The van der Waals surface area contributed by atoms with Crippen LogP contribution in [0.25, 0.3) is 32.9 Å². The highest BCUT2D eigenvalue weighted by molar-refractivity contribution is 9.10. The molecule has 7 heteroatoms. The highest BCUT2D eigenvalue weighted by Crippen LogP contribution is 2.38. The lowest BCUT2D eigenvalue weighted by molar-refractivity contribution is -0.132. The van der Waals surface area contributed by atoms with Gasteiger partial charge in [-0.25, -0.2) is 5.01 Å². The van der Waals surface area contributed by atoms with Gasteiger partial charge in [0.05, 0.1) is 22.8 Å². The van der Waals surface area contributed by atoms with Crippen molar-refractivity contribution in [1.29, 1.82) is 0 Å². The number of aromatic nitrogens is 2. The predicted molar refractivity (Wildman–Crippen MR) is 150 cm³/mol. The number of nitrogens with zero attached hydrogens (tertiary/aromatic N) is 3. The molecule has 1 N–H and O–H groups in total. The second kappa shape index (κ2) is 9.41. The van der Waals surface area contributed by atoms with Gasteiger partial charge in [-0.05, 0) is 41.5 Å². The Kier molecular flexibility index (Phi) is 5.93. The molecule has 6 rings (SSSR count). The van der Waals surface area contributed by atoms with Gasteiger partial charge in [0.2, 0.25) is 5.91 Å². The molecule has 1 amide bonds. The third-order valence-corrected chi connectivity index (χ3v) is 7.30. The molecule has 0 saturated heterocycles. The van der Waals surface area contributed by atoms with E-state index in [0.717, 1.165) is 43.0 Å². The Labute approximate surface area is 221 Å². The van der Waals surface area contributed by atoms with Gasteiger partial charge >= 0.3 is 0 Å². The van der Waals surface area contributed by atoms with E-state index in [1.165, 1.54) is 0 Å². The fourth-order valence-corrected chi connectivity index (χ4v) is 5.41. The van der Waals surface area contributed by atoms with Crippen LogP contribution in [0, 0.1) is 0 Å². The normalized spacial score (nSPS) is 15.4. The molecule has 1 atom stereocenters. The number of amides is 1. The average Bonchev–Trinajstić information content (AvgIpc) is 3.37. The highest BCUT2D eigenvalue weighted by Gasteiger charge is 2.35. The first kappa shape index (κ1) is 23.3. The van der Waals surface area contributed by atoms with E-state index in [4.69, 9.17) is 5.10 Å². The maximum absolute atomic E-state index is 13.6. The number of aromatic amines is 1. The van der Waals surface area contributed by atoms with Crippen LogP contribution in [-0.2, 0) is 4.79 Å². The van der Waals surface area contributed by atoms with Crippen LogP contribution in [0.15, 0.2) is 99.4 Å². The molecule has 0 radical (unpaired) electrons. The number of hydrogen-bond acceptors (Lipinski definition) is 4. The summed E-state index contributed by atoms with van der Waals surface area (Å²) >= 11 is 3.58. The number of pyridine rings is 2. The van der Waals surface area contributed by atoms with Gasteiger partial charge in [-0.3, -0.25) is 14.6 Å². The monoisotopic (exact) mass is 550 g/mol. The van der Waals surface area contributed by atoms with Crippen molar-refractivity contribution in [2.45, 2.75) is 25.8 Å². The fourth-order valence-electron chi connectivity index (χ4n) is 5.05. The lowest BCUT2D eigenvalue weighted by Crippen LogP contribution is -2.26. The quantitative estimate of drug-likeness (QED) is 0.274. The number of hydrogen-bond donors (Lipinski definition) is 1. The standard InChI is InChI=1S/C30H23BrN4O2/c1-2-27(36)35-26(20-11-10-18-9-6-14-32-24(18)15-20)17-25(34-35)29-28(19-7-4-3-5-8-19)22-16-21(31)12-13-23(22)33-30(29)37/h3-16,26H,2,17H2,1H3,(H,33,37)/t26-/m1/s1. The zero-order chi connectivity index (χ0) is 25.5. The average molecular weight is 551 g/mol. The van der Waals surface area contributed by atoms with E-state index in [2.05, 4.69) is 25.9 Å². The summed E-state index contributed by atoms with van der Waals surface area (Å²) in [6, 6.07) is 25.3. The molecule has 6 nitrogen and oxygen atoms in total. The van der Waals surface area contributed by atoms with Crippen LogP contribution in [0.4, 0.5) is 0 Å². The number of H-pyrrole nitrogens is 1. The van der Waals surface area contributed by atoms with Gasteiger partial charge in [0.15, 0.2) is 0 Å². The van der Waals surface area contributed by atoms with Gasteiger partial charge in [0, 0.05) is 45.4 Å². The molecular formula is C30H23BrN4O2. The van der Waals surface area contributed by atoms with Gasteiger partial charge in [0.1, 0.15) is 0 Å². The molecule has 0 spiro atoms. The Morgan fingerprint density at radius 2 is 1.86 bits per heavy atom. The van der Waals surface area contributed by atoms with Crippen LogP contribution in [0.5, 0.6) is 0 Å². The van der Waals surface area contributed by atoms with E-state index in [9.17, 15) is 9.59 Å². The smallest absolute Gasteiger partial charge is 0.258 e. The molecular weight excluding hydrogens is 528 g/mol. The molecule has 1 aliphatic heterocycles. The van der Waals surface area contributed by atoms with Gasteiger partial charge in [-0.1, -0.05) is 71.4 Å². The lowest BCUT2D eigenvalue weighted by Gasteiger charge is -2.21. The van der Waals surface area contributed by atoms with Crippen molar-refractivity contribution in [3.63, 3.8) is 0 Å². The minimum atomic E-state index is -0.324. The molecule has 0 saturated carbocycles. The molecule has 0 fully saturated rings. The number of halogens is 1. The van der Waals surface area contributed by atoms with E-state index in [1.807, 2.05) is 85.8 Å². The maximum atomic E-state index is 13.6. The first-order valence-corrected chi connectivity index (χ1v) is 13.0. The summed E-state index contributed by atoms with van der Waals surface area (Å²) < 4.78 is 0.910. The Morgan fingerprint density at radius 3 is 2.68 bits per heavy atom. The highest BCUT2D eigenvalue weighted by atomic mass is 79.9. The molecule has 0 bridgehead atoms. The Bertz CT molecular complexity index is 1760. The molecule has 1 aliphatic rings. The SMILES string of the molecule is CCC(=O)N1N=C(c2c(-c3ccccc3)c3cc(Br)ccc3[nH]c2=O)C[C@@H]1c1ccc2cccnc2c1. The van der Waals surface area contributed by atoms with E-state index in [-0.39, 0.29) is 17.5 Å². The minimum Gasteiger partial charge on any atom is -0.321 e. The third-order valence-electron chi connectivity index (χ3n) is 6.81. The van der Waals surface area contributed by atoms with Crippen LogP contribution in [-0.4, -0.2) is 26.6 Å². The molecule has 5 aromatic rings. The largest absolute Gasteiger partial charge is 0.321 e. The van der Waals surface area contributed by atoms with Crippen molar-refractivity contribution < 1.29 is 4.79 Å². The Balaban J connectivity index is 1.55. The summed E-state index contributed by atoms with van der Waals surface area (Å²) in [5, 5.41) is 8.27. The second-order valence-corrected chi connectivity index (χ2v) is 9.99. The van der Waals surface area contributed by atoms with Crippen molar-refractivity contribution in [3.05, 3.63) is 111 Å². The maximum Gasteiger partial charge on any atom is 0.258 e. The van der Waals surface area contributed by atoms with E-state index in [0.29, 0.717) is 24.1 Å². The molecule has 0 unspecified atom stereocenters. The molecule has 2 aromatic heterocycles. The van der Waals surface area contributed by atoms with Gasteiger partial charge < -0.3 is 4.98 Å². The number of benzene rings is 3. The minimum absolute atomic E-state index is 0.0951. The number of fused-ring (bicyclic) bond motifs is 2. The molecule has 3 aromatic carbocycles. The topological polar surface area (TPSA) is 78.4 Å². The van der Waals surface area contributed by atoms with E-state index in [1.54, 1.807) is 11.2 Å². The third kappa shape index (κ3) is 4.15. The van der Waals surface area contributed by atoms with Crippen molar-refractivity contribution >= 4 is 49.4 Å². The fraction of sp³-hybridized carbons (Fsp3) is 0.133. The van der Waals surface area contributed by atoms with E-state index < -0.39 is 0 Å². The Hall–Kier alpha value is -4.10. The van der Waals surface area contributed by atoms with Crippen molar-refractivity contribution in [3.8, 4) is 11.1 Å². The van der Waals surface area contributed by atoms with Crippen LogP contribution >= 0.6 is 15.9 Å². The molecule has 37 heavy (non-hydrogen) atoms. The summed E-state index contributed by atoms with van der Waals surface area (Å²) in [5.41, 5.74) is 5.13. The number of nitrogens with one attached hydrogen (secondary N) is 1. The van der Waals surface area contributed by atoms with Crippen LogP contribution < -0.4 is 5.56 Å². The Morgan fingerprint density at radius 1 is 1.03 bits per heavy atom. The van der Waals surface area contributed by atoms with Gasteiger partial charge in [-0.2, -0.15) is 5.10 Å². The van der Waals surface area contributed by atoms with E-state index >= 15 is 0 Å². The van der Waals surface area contributed by atoms with Crippen molar-refractivity contribution in [2.24, 2.45) is 5.10 Å². The lowest BCUT2D eigenvalue weighted by atomic mass is 9.91. The predicted octanol–water partition coefficient (Wildman–Crippen LogP) is 6.59. The van der Waals surface area contributed by atoms with Gasteiger partial charge in [-0.15, -0.1) is 0 Å². The molecule has 3 heterocycles. The summed E-state index contributed by atoms with van der Waals surface area (Å²) in [6.07, 6.45) is 2.49. The number of rotatable bonds is 4. The van der Waals surface area contributed by atoms with Crippen LogP contribution in [0.2, 0.25) is 0 Å². The van der Waals surface area contributed by atoms with Crippen LogP contribution in [0.3, 0.4) is 0 Å². The summed E-state index contributed by atoms with van der Waals surface area (Å²) in [6.45, 7) is 1.82. The molecule has 182 valence electrons. The van der Waals surface area contributed by atoms with Crippen molar-refractivity contribution in [1.82, 2.24) is 15.0 Å². The van der Waals surface area contributed by atoms with Gasteiger partial charge in [0.25, 0.3) is 5.56 Å². The summed E-state index contributed by atoms with van der Waals surface area (Å²) in [5.74, 6) is -0.0951. The number of hydrazone groups is 1. The number of carbonyl (C=O) groups is 1. The zero-order valence-electron chi connectivity index (χ0n) is 20.1. The molecule has 0 aliphatic carbocycles. The summed E-state index contributed by atoms with van der Waals surface area (Å²) in [7, 11) is 0. The number of carbonyl (C=O) groups excluding carboxylic acids is 1. The second-order valence-electron chi connectivity index (χ2n) is 9.07. The first-order chi connectivity index (χ1) is 18.0. The van der Waals surface area contributed by atoms with Crippen molar-refractivity contribution in [2.75, 3.05) is 0 Å². The summed E-state index contributed by atoms with van der Waals surface area (Å²) in [4.78, 5) is 34.2. The zero-order valence-corrected chi connectivity index (χ0v) is 21.7.